The van der Waals surface area contributed by atoms with Crippen molar-refractivity contribution < 1.29 is 9.63 Å². The fourth-order valence-corrected chi connectivity index (χ4v) is 1.68. The van der Waals surface area contributed by atoms with E-state index in [0.29, 0.717) is 5.76 Å². The highest BCUT2D eigenvalue weighted by molar-refractivity contribution is 5.70. The third-order valence-corrected chi connectivity index (χ3v) is 2.73. The smallest absolute Gasteiger partial charge is 0.159 e. The number of aryl methyl sites for hydroxylation is 1. The van der Waals surface area contributed by atoms with Crippen LogP contribution in [0.25, 0.3) is 12.2 Å². The number of hydrogen-bond acceptors (Lipinski definition) is 3. The predicted octanol–water partition coefficient (Wildman–Crippen LogP) is 3.89. The van der Waals surface area contributed by atoms with Crippen LogP contribution in [0.15, 0.2) is 34.9 Å². The molecule has 3 nitrogen and oxygen atoms in total. The Morgan fingerprint density at radius 2 is 2.11 bits per heavy atom. The van der Waals surface area contributed by atoms with Crippen molar-refractivity contribution in [3.05, 3.63) is 47.3 Å². The minimum Gasteiger partial charge on any atom is -0.507 e. The molecule has 0 atom stereocenters. The van der Waals surface area contributed by atoms with Crippen molar-refractivity contribution in [1.29, 1.82) is 0 Å². The van der Waals surface area contributed by atoms with Crippen LogP contribution in [0.2, 0.25) is 0 Å². The molecule has 3 heteroatoms. The molecule has 0 amide bonds. The van der Waals surface area contributed by atoms with E-state index >= 15 is 0 Å². The van der Waals surface area contributed by atoms with E-state index in [4.69, 9.17) is 4.52 Å². The van der Waals surface area contributed by atoms with E-state index < -0.39 is 0 Å². The maximum Gasteiger partial charge on any atom is 0.159 e. The fraction of sp³-hybridized carbons (Fsp3) is 0.267. The summed E-state index contributed by atoms with van der Waals surface area (Å²) in [6.07, 6.45) is 6.85. The number of benzene rings is 1. The van der Waals surface area contributed by atoms with Crippen LogP contribution in [0.3, 0.4) is 0 Å². The summed E-state index contributed by atoms with van der Waals surface area (Å²) >= 11 is 0. The zero-order valence-electron chi connectivity index (χ0n) is 10.5. The first-order chi connectivity index (χ1) is 8.79. The van der Waals surface area contributed by atoms with E-state index in [2.05, 4.69) is 12.1 Å². The fourth-order valence-electron chi connectivity index (χ4n) is 1.68. The molecule has 0 fully saturated rings. The van der Waals surface area contributed by atoms with Gasteiger partial charge in [0.2, 0.25) is 0 Å². The summed E-state index contributed by atoms with van der Waals surface area (Å²) in [5, 5.41) is 13.6. The van der Waals surface area contributed by atoms with Crippen LogP contribution in [0.4, 0.5) is 0 Å². The first-order valence-corrected chi connectivity index (χ1v) is 6.21. The SMILES string of the molecule is CCCCc1cc(C=Cc2ccccc2O)on1. The first kappa shape index (κ1) is 12.4. The normalized spacial score (nSPS) is 11.2. The van der Waals surface area contributed by atoms with Gasteiger partial charge >= 0.3 is 0 Å². The van der Waals surface area contributed by atoms with Gasteiger partial charge in [0.1, 0.15) is 5.75 Å². The van der Waals surface area contributed by atoms with Crippen LogP contribution >= 0.6 is 0 Å². The van der Waals surface area contributed by atoms with Gasteiger partial charge in [-0.15, -0.1) is 0 Å². The van der Waals surface area contributed by atoms with Crippen molar-refractivity contribution in [2.24, 2.45) is 0 Å². The summed E-state index contributed by atoms with van der Waals surface area (Å²) in [4.78, 5) is 0. The highest BCUT2D eigenvalue weighted by Gasteiger charge is 2.01. The molecule has 94 valence electrons. The second-order valence-electron chi connectivity index (χ2n) is 4.22. The molecular formula is C15H17NO2. The molecule has 0 spiro atoms. The number of aromatic nitrogens is 1. The highest BCUT2D eigenvalue weighted by atomic mass is 16.5. The van der Waals surface area contributed by atoms with Crippen LogP contribution < -0.4 is 0 Å². The summed E-state index contributed by atoms with van der Waals surface area (Å²) in [5.74, 6) is 0.976. The molecule has 2 aromatic rings. The number of nitrogens with zero attached hydrogens (tertiary/aromatic N) is 1. The molecule has 0 aliphatic rings. The lowest BCUT2D eigenvalue weighted by molar-refractivity contribution is 0.404. The molecule has 18 heavy (non-hydrogen) atoms. The number of phenolic OH excluding ortho intramolecular Hbond substituents is 1. The predicted molar refractivity (Wildman–Crippen MR) is 72.1 cm³/mol. The van der Waals surface area contributed by atoms with E-state index in [1.54, 1.807) is 12.1 Å². The third-order valence-electron chi connectivity index (χ3n) is 2.73. The van der Waals surface area contributed by atoms with E-state index in [9.17, 15) is 5.11 Å². The molecule has 1 heterocycles. The van der Waals surface area contributed by atoms with Gasteiger partial charge in [-0.2, -0.15) is 0 Å². The van der Waals surface area contributed by atoms with Gasteiger partial charge in [0.25, 0.3) is 0 Å². The molecule has 0 aliphatic heterocycles. The Kier molecular flexibility index (Phi) is 4.18. The summed E-state index contributed by atoms with van der Waals surface area (Å²) in [6.45, 7) is 2.15. The van der Waals surface area contributed by atoms with Crippen LogP contribution in [-0.2, 0) is 6.42 Å². The molecule has 0 unspecified atom stereocenters. The zero-order valence-corrected chi connectivity index (χ0v) is 10.5. The van der Waals surface area contributed by atoms with Crippen LogP contribution in [0.1, 0.15) is 36.8 Å². The van der Waals surface area contributed by atoms with Crippen LogP contribution in [0, 0.1) is 0 Å². The standard InChI is InChI=1S/C15H17NO2/c1-2-3-7-13-11-14(18-16-13)10-9-12-6-4-5-8-15(12)17/h4-6,8-11,17H,2-3,7H2,1H3. The van der Waals surface area contributed by atoms with E-state index in [0.717, 1.165) is 30.5 Å². The molecule has 1 aromatic heterocycles. The average molecular weight is 243 g/mol. The van der Waals surface area contributed by atoms with E-state index in [1.165, 1.54) is 0 Å². The topological polar surface area (TPSA) is 46.3 Å². The van der Waals surface area contributed by atoms with Crippen molar-refractivity contribution in [2.45, 2.75) is 26.2 Å². The van der Waals surface area contributed by atoms with Crippen LogP contribution in [-0.4, -0.2) is 10.3 Å². The van der Waals surface area contributed by atoms with Crippen molar-refractivity contribution in [1.82, 2.24) is 5.16 Å². The van der Waals surface area contributed by atoms with Crippen LogP contribution in [0.5, 0.6) is 5.75 Å². The lowest BCUT2D eigenvalue weighted by Crippen LogP contribution is -1.82. The lowest BCUT2D eigenvalue weighted by atomic mass is 10.1. The van der Waals surface area contributed by atoms with Gasteiger partial charge in [-0.25, -0.2) is 0 Å². The number of unbranched alkanes of at least 4 members (excludes halogenated alkanes) is 1. The minimum absolute atomic E-state index is 0.263. The Morgan fingerprint density at radius 1 is 1.28 bits per heavy atom. The van der Waals surface area contributed by atoms with Crippen molar-refractivity contribution >= 4 is 12.2 Å². The number of aromatic hydroxyl groups is 1. The quantitative estimate of drug-likeness (QED) is 0.866. The summed E-state index contributed by atoms with van der Waals surface area (Å²) < 4.78 is 5.20. The third kappa shape index (κ3) is 3.23. The van der Waals surface area contributed by atoms with Gasteiger partial charge in [0.05, 0.1) is 5.69 Å². The molecule has 0 saturated carbocycles. The molecule has 0 bridgehead atoms. The van der Waals surface area contributed by atoms with Gasteiger partial charge in [-0.3, -0.25) is 0 Å². The molecule has 1 N–H and O–H groups in total. The molecule has 0 aliphatic carbocycles. The van der Waals surface area contributed by atoms with Gasteiger partial charge < -0.3 is 9.63 Å². The largest absolute Gasteiger partial charge is 0.507 e. The van der Waals surface area contributed by atoms with E-state index in [1.807, 2.05) is 30.4 Å². The average Bonchev–Trinajstić information content (AvgIpc) is 2.83. The monoisotopic (exact) mass is 243 g/mol. The van der Waals surface area contributed by atoms with Crippen molar-refractivity contribution in [3.8, 4) is 5.75 Å². The van der Waals surface area contributed by atoms with Gasteiger partial charge in [0, 0.05) is 11.6 Å². The Morgan fingerprint density at radius 3 is 2.89 bits per heavy atom. The van der Waals surface area contributed by atoms with Gasteiger partial charge in [-0.05, 0) is 31.1 Å². The number of rotatable bonds is 5. The van der Waals surface area contributed by atoms with Gasteiger partial charge in [-0.1, -0.05) is 36.7 Å². The summed E-state index contributed by atoms with van der Waals surface area (Å²) in [6, 6.07) is 9.12. The van der Waals surface area contributed by atoms with E-state index in [-0.39, 0.29) is 5.75 Å². The van der Waals surface area contributed by atoms with Crippen molar-refractivity contribution in [2.75, 3.05) is 0 Å². The molecule has 0 saturated heterocycles. The highest BCUT2D eigenvalue weighted by Crippen LogP contribution is 2.19. The Bertz CT molecular complexity index is 529. The summed E-state index contributed by atoms with van der Waals surface area (Å²) in [7, 11) is 0. The molecule has 0 radical (unpaired) electrons. The zero-order chi connectivity index (χ0) is 12.8. The number of phenols is 1. The summed E-state index contributed by atoms with van der Waals surface area (Å²) in [5.41, 5.74) is 1.75. The second kappa shape index (κ2) is 6.05. The Balaban J connectivity index is 2.05. The molecular weight excluding hydrogens is 226 g/mol. The molecule has 2 rings (SSSR count). The lowest BCUT2D eigenvalue weighted by Gasteiger charge is -1.95. The minimum atomic E-state index is 0.263. The second-order valence-corrected chi connectivity index (χ2v) is 4.22. The maximum atomic E-state index is 9.61. The van der Waals surface area contributed by atoms with Gasteiger partial charge in [0.15, 0.2) is 5.76 Å². The number of para-hydroxylation sites is 1. The Hall–Kier alpha value is -2.03. The Labute approximate surface area is 107 Å². The van der Waals surface area contributed by atoms with Crippen molar-refractivity contribution in [3.63, 3.8) is 0 Å². The first-order valence-electron chi connectivity index (χ1n) is 6.21. The maximum absolute atomic E-state index is 9.61. The number of hydrogen-bond donors (Lipinski definition) is 1. The molecule has 1 aromatic carbocycles.